The van der Waals surface area contributed by atoms with Crippen LogP contribution < -0.4 is 5.32 Å². The van der Waals surface area contributed by atoms with Crippen molar-refractivity contribution in [2.75, 3.05) is 20.3 Å². The summed E-state index contributed by atoms with van der Waals surface area (Å²) in [7, 11) is 1.54. The van der Waals surface area contributed by atoms with Gasteiger partial charge in [-0.3, -0.25) is 0 Å². The van der Waals surface area contributed by atoms with Gasteiger partial charge < -0.3 is 15.2 Å². The predicted molar refractivity (Wildman–Crippen MR) is 60.7 cm³/mol. The van der Waals surface area contributed by atoms with Crippen LogP contribution in [-0.2, 0) is 11.3 Å². The number of aliphatic hydroxyl groups is 1. The van der Waals surface area contributed by atoms with Crippen molar-refractivity contribution >= 4 is 0 Å². The van der Waals surface area contributed by atoms with Gasteiger partial charge in [0.05, 0.1) is 12.7 Å². The molecule has 0 heterocycles. The number of methoxy groups -OCH3 is 1. The number of benzene rings is 1. The minimum Gasteiger partial charge on any atom is -0.389 e. The average molecular weight is 227 g/mol. The van der Waals surface area contributed by atoms with Crippen LogP contribution in [0.4, 0.5) is 4.39 Å². The standard InChI is InChI=1S/C12H18FNO2/c1-9-3-4-10(5-12(9)13)6-14-7-11(15)8-16-2/h3-5,11,14-15H,6-8H2,1-2H3. The number of ether oxygens (including phenoxy) is 1. The third-order valence-electron chi connectivity index (χ3n) is 2.30. The Balaban J connectivity index is 2.34. The first-order valence-electron chi connectivity index (χ1n) is 5.26. The van der Waals surface area contributed by atoms with Crippen LogP contribution in [0.2, 0.25) is 0 Å². The van der Waals surface area contributed by atoms with Crippen LogP contribution in [0, 0.1) is 12.7 Å². The van der Waals surface area contributed by atoms with Gasteiger partial charge in [0.2, 0.25) is 0 Å². The Morgan fingerprint density at radius 2 is 2.25 bits per heavy atom. The molecule has 1 rings (SSSR count). The van der Waals surface area contributed by atoms with Crippen molar-refractivity contribution in [1.29, 1.82) is 0 Å². The van der Waals surface area contributed by atoms with Gasteiger partial charge in [-0.05, 0) is 24.1 Å². The van der Waals surface area contributed by atoms with Crippen molar-refractivity contribution in [2.24, 2.45) is 0 Å². The summed E-state index contributed by atoms with van der Waals surface area (Å²) in [5.74, 6) is -0.197. The molecule has 1 aromatic rings. The monoisotopic (exact) mass is 227 g/mol. The van der Waals surface area contributed by atoms with E-state index in [9.17, 15) is 9.50 Å². The normalized spacial score (nSPS) is 12.8. The Hall–Kier alpha value is -0.970. The topological polar surface area (TPSA) is 41.5 Å². The molecule has 16 heavy (non-hydrogen) atoms. The third kappa shape index (κ3) is 4.26. The summed E-state index contributed by atoms with van der Waals surface area (Å²) in [6, 6.07) is 5.12. The maximum Gasteiger partial charge on any atom is 0.126 e. The summed E-state index contributed by atoms with van der Waals surface area (Å²) < 4.78 is 18.0. The van der Waals surface area contributed by atoms with E-state index < -0.39 is 6.10 Å². The third-order valence-corrected chi connectivity index (χ3v) is 2.30. The van der Waals surface area contributed by atoms with Gasteiger partial charge in [0.15, 0.2) is 0 Å². The maximum absolute atomic E-state index is 13.2. The summed E-state index contributed by atoms with van der Waals surface area (Å²) >= 11 is 0. The van der Waals surface area contributed by atoms with Crippen molar-refractivity contribution in [3.05, 3.63) is 35.1 Å². The number of halogens is 1. The average Bonchev–Trinajstić information content (AvgIpc) is 2.24. The fourth-order valence-electron chi connectivity index (χ4n) is 1.38. The van der Waals surface area contributed by atoms with Crippen molar-refractivity contribution in [1.82, 2.24) is 5.32 Å². The van der Waals surface area contributed by atoms with Crippen LogP contribution in [-0.4, -0.2) is 31.5 Å². The predicted octanol–water partition coefficient (Wildman–Crippen LogP) is 1.23. The molecule has 0 aliphatic carbocycles. The molecule has 0 saturated carbocycles. The molecule has 0 saturated heterocycles. The van der Waals surface area contributed by atoms with Crippen molar-refractivity contribution in [3.8, 4) is 0 Å². The minimum absolute atomic E-state index is 0.197. The Bertz CT molecular complexity index is 331. The van der Waals surface area contributed by atoms with Gasteiger partial charge in [0.25, 0.3) is 0 Å². The summed E-state index contributed by atoms with van der Waals surface area (Å²) in [6.07, 6.45) is -0.528. The highest BCUT2D eigenvalue weighted by molar-refractivity contribution is 5.23. The maximum atomic E-state index is 13.2. The molecule has 4 heteroatoms. The first-order valence-corrected chi connectivity index (χ1v) is 5.26. The van der Waals surface area contributed by atoms with Gasteiger partial charge in [-0.2, -0.15) is 0 Å². The molecule has 0 radical (unpaired) electrons. The summed E-state index contributed by atoms with van der Waals surface area (Å²) in [5, 5.41) is 12.4. The van der Waals surface area contributed by atoms with Gasteiger partial charge in [0, 0.05) is 20.2 Å². The molecule has 0 aliphatic heterocycles. The summed E-state index contributed by atoms with van der Waals surface area (Å²) in [5.41, 5.74) is 1.51. The lowest BCUT2D eigenvalue weighted by molar-refractivity contribution is 0.0644. The molecule has 1 aromatic carbocycles. The highest BCUT2D eigenvalue weighted by atomic mass is 19.1. The second-order valence-electron chi connectivity index (χ2n) is 3.82. The Morgan fingerprint density at radius 1 is 1.50 bits per heavy atom. The molecule has 0 amide bonds. The van der Waals surface area contributed by atoms with Crippen molar-refractivity contribution in [3.63, 3.8) is 0 Å². The fourth-order valence-corrected chi connectivity index (χ4v) is 1.38. The zero-order valence-corrected chi connectivity index (χ0v) is 9.66. The number of hydrogen-bond acceptors (Lipinski definition) is 3. The van der Waals surface area contributed by atoms with E-state index in [4.69, 9.17) is 4.74 Å². The van der Waals surface area contributed by atoms with Gasteiger partial charge >= 0.3 is 0 Å². The van der Waals surface area contributed by atoms with E-state index in [1.807, 2.05) is 6.07 Å². The summed E-state index contributed by atoms with van der Waals surface area (Å²) in [6.45, 7) is 3.01. The highest BCUT2D eigenvalue weighted by Gasteiger charge is 2.03. The Morgan fingerprint density at radius 3 is 2.88 bits per heavy atom. The van der Waals surface area contributed by atoms with E-state index in [-0.39, 0.29) is 5.82 Å². The molecule has 90 valence electrons. The minimum atomic E-state index is -0.528. The van der Waals surface area contributed by atoms with Gasteiger partial charge in [-0.15, -0.1) is 0 Å². The number of nitrogens with one attached hydrogen (secondary N) is 1. The second-order valence-corrected chi connectivity index (χ2v) is 3.82. The van der Waals surface area contributed by atoms with Crippen LogP contribution in [0.25, 0.3) is 0 Å². The first kappa shape index (κ1) is 13.1. The van der Waals surface area contributed by atoms with Crippen molar-refractivity contribution in [2.45, 2.75) is 19.6 Å². The van der Waals surface area contributed by atoms with E-state index in [1.165, 1.54) is 6.07 Å². The molecule has 0 spiro atoms. The first-order chi connectivity index (χ1) is 7.63. The van der Waals surface area contributed by atoms with E-state index in [0.717, 1.165) is 5.56 Å². The molecule has 0 fully saturated rings. The summed E-state index contributed by atoms with van der Waals surface area (Å²) in [4.78, 5) is 0. The number of aryl methyl sites for hydroxylation is 1. The van der Waals surface area contributed by atoms with Gasteiger partial charge in [0.1, 0.15) is 5.82 Å². The molecule has 0 bridgehead atoms. The molecular formula is C12H18FNO2. The zero-order valence-electron chi connectivity index (χ0n) is 9.66. The quantitative estimate of drug-likeness (QED) is 0.768. The van der Waals surface area contributed by atoms with Crippen LogP contribution in [0.3, 0.4) is 0 Å². The van der Waals surface area contributed by atoms with Crippen LogP contribution in [0.15, 0.2) is 18.2 Å². The smallest absolute Gasteiger partial charge is 0.126 e. The fraction of sp³-hybridized carbons (Fsp3) is 0.500. The van der Waals surface area contributed by atoms with E-state index in [0.29, 0.717) is 25.3 Å². The molecule has 0 aliphatic rings. The lowest BCUT2D eigenvalue weighted by Gasteiger charge is -2.10. The lowest BCUT2D eigenvalue weighted by Crippen LogP contribution is -2.29. The van der Waals surface area contributed by atoms with Gasteiger partial charge in [-0.1, -0.05) is 12.1 Å². The SMILES string of the molecule is COCC(O)CNCc1ccc(C)c(F)c1. The molecule has 0 aromatic heterocycles. The Kier molecular flexibility index (Phi) is 5.38. The van der Waals surface area contributed by atoms with Crippen LogP contribution in [0.5, 0.6) is 0 Å². The number of rotatable bonds is 6. The molecule has 2 N–H and O–H groups in total. The zero-order chi connectivity index (χ0) is 12.0. The van der Waals surface area contributed by atoms with Crippen molar-refractivity contribution < 1.29 is 14.2 Å². The molecule has 1 atom stereocenters. The lowest BCUT2D eigenvalue weighted by atomic mass is 10.1. The van der Waals surface area contributed by atoms with E-state index >= 15 is 0 Å². The van der Waals surface area contributed by atoms with E-state index in [1.54, 1.807) is 20.1 Å². The second kappa shape index (κ2) is 6.58. The number of hydrogen-bond donors (Lipinski definition) is 2. The largest absolute Gasteiger partial charge is 0.389 e. The Labute approximate surface area is 95.2 Å². The van der Waals surface area contributed by atoms with Gasteiger partial charge in [-0.25, -0.2) is 4.39 Å². The molecule has 3 nitrogen and oxygen atoms in total. The highest BCUT2D eigenvalue weighted by Crippen LogP contribution is 2.08. The van der Waals surface area contributed by atoms with E-state index in [2.05, 4.69) is 5.32 Å². The molecular weight excluding hydrogens is 209 g/mol. The van der Waals surface area contributed by atoms with Crippen LogP contribution in [0.1, 0.15) is 11.1 Å². The van der Waals surface area contributed by atoms with Crippen LogP contribution >= 0.6 is 0 Å². The number of aliphatic hydroxyl groups excluding tert-OH is 1. The molecule has 1 unspecified atom stereocenters.